The zero-order valence-corrected chi connectivity index (χ0v) is 6.53. The third kappa shape index (κ3) is 1.63. The molecular weight excluding hydrogens is 152 g/mol. The van der Waals surface area contributed by atoms with Crippen LogP contribution >= 0.6 is 0 Å². The summed E-state index contributed by atoms with van der Waals surface area (Å²) in [7, 11) is 0. The van der Waals surface area contributed by atoms with Crippen LogP contribution in [0.3, 0.4) is 0 Å². The van der Waals surface area contributed by atoms with Crippen LogP contribution in [0.4, 0.5) is 0 Å². The number of carbonyl (C=O) groups is 1. The molecule has 1 aromatic heterocycles. The molecule has 0 spiro atoms. The lowest BCUT2D eigenvalue weighted by molar-refractivity contribution is 0.111. The third-order valence-corrected chi connectivity index (χ3v) is 1.37. The summed E-state index contributed by atoms with van der Waals surface area (Å²) in [5.74, 6) is 0. The number of aromatic nitrogens is 2. The monoisotopic (exact) mass is 160 g/mol. The fourth-order valence-electron chi connectivity index (χ4n) is 0.669. The summed E-state index contributed by atoms with van der Waals surface area (Å²) in [4.78, 5) is 18.0. The Morgan fingerprint density at radius 3 is 2.58 bits per heavy atom. The first-order valence-electron chi connectivity index (χ1n) is 3.37. The van der Waals surface area contributed by atoms with E-state index in [1.807, 2.05) is 0 Å². The molecule has 0 radical (unpaired) electrons. The first-order valence-corrected chi connectivity index (χ1v) is 3.37. The van der Waals surface area contributed by atoms with Gasteiger partial charge >= 0.3 is 0 Å². The van der Waals surface area contributed by atoms with E-state index in [4.69, 9.17) is 0 Å². The predicted octanol–water partition coefficient (Wildman–Crippen LogP) is 1.49. The molecule has 0 fully saturated rings. The zero-order valence-electron chi connectivity index (χ0n) is 6.53. The molecule has 0 aromatic carbocycles. The molecule has 0 amide bonds. The molecule has 1 rings (SSSR count). The average molecular weight is 160 g/mol. The van der Waals surface area contributed by atoms with E-state index in [9.17, 15) is 4.79 Å². The molecule has 1 heterocycles. The molecule has 1 aromatic rings. The summed E-state index contributed by atoms with van der Waals surface area (Å²) < 4.78 is 0. The first-order chi connectivity index (χ1) is 5.77. The van der Waals surface area contributed by atoms with Crippen molar-refractivity contribution in [3.63, 3.8) is 0 Å². The lowest BCUT2D eigenvalue weighted by Crippen LogP contribution is -1.92. The lowest BCUT2D eigenvalue weighted by Gasteiger charge is -1.96. The third-order valence-electron chi connectivity index (χ3n) is 1.37. The maximum absolute atomic E-state index is 10.2. The molecule has 0 unspecified atom stereocenters. The smallest absolute Gasteiger partial charge is 0.170 e. The van der Waals surface area contributed by atoms with Crippen LogP contribution in [0.15, 0.2) is 31.6 Å². The minimum absolute atomic E-state index is 0.315. The van der Waals surface area contributed by atoms with Gasteiger partial charge in [0.25, 0.3) is 0 Å². The Bertz CT molecular complexity index is 314. The number of aldehydes is 1. The second kappa shape index (κ2) is 3.57. The van der Waals surface area contributed by atoms with Crippen molar-refractivity contribution >= 4 is 11.9 Å². The fraction of sp³-hybridized carbons (Fsp3) is 0. The van der Waals surface area contributed by atoms with E-state index >= 15 is 0 Å². The van der Waals surface area contributed by atoms with E-state index in [0.717, 1.165) is 0 Å². The molecular formula is C9H8N2O. The van der Waals surface area contributed by atoms with Crippen molar-refractivity contribution in [3.8, 4) is 0 Å². The van der Waals surface area contributed by atoms with Gasteiger partial charge in [0.2, 0.25) is 0 Å². The van der Waals surface area contributed by atoms with Crippen LogP contribution in [0.5, 0.6) is 0 Å². The van der Waals surface area contributed by atoms with Gasteiger partial charge in [-0.25, -0.2) is 4.98 Å². The van der Waals surface area contributed by atoms with Gasteiger partial charge in [-0.2, -0.15) is 0 Å². The van der Waals surface area contributed by atoms with Gasteiger partial charge in [-0.15, -0.1) is 0 Å². The Hall–Kier alpha value is -1.77. The average Bonchev–Trinajstić information content (AvgIpc) is 2.17. The molecule has 3 heteroatoms. The number of allylic oxidation sites excluding steroid dienone is 2. The molecule has 0 aliphatic carbocycles. The molecule has 0 aliphatic rings. The van der Waals surface area contributed by atoms with Crippen molar-refractivity contribution in [3.05, 3.63) is 43.0 Å². The van der Waals surface area contributed by atoms with Crippen LogP contribution in [-0.4, -0.2) is 16.3 Å². The predicted molar refractivity (Wildman–Crippen MR) is 46.7 cm³/mol. The number of rotatable bonds is 3. The first kappa shape index (κ1) is 8.33. The highest BCUT2D eigenvalue weighted by Crippen LogP contribution is 2.07. The summed E-state index contributed by atoms with van der Waals surface area (Å²) >= 11 is 0. The van der Waals surface area contributed by atoms with Crippen molar-refractivity contribution in [2.75, 3.05) is 0 Å². The summed E-state index contributed by atoms with van der Waals surface area (Å²) in [5.41, 5.74) is 1.64. The van der Waals surface area contributed by atoms with Gasteiger partial charge in [0.1, 0.15) is 5.69 Å². The number of hydrogen-bond acceptors (Lipinski definition) is 3. The molecule has 0 bridgehead atoms. The Labute approximate surface area is 70.5 Å². The molecule has 0 saturated heterocycles. The normalized spacial score (nSPS) is 9.00. The highest BCUT2D eigenvalue weighted by atomic mass is 16.1. The van der Waals surface area contributed by atoms with Gasteiger partial charge in [0.05, 0.1) is 18.1 Å². The van der Waals surface area contributed by atoms with E-state index < -0.39 is 0 Å². The van der Waals surface area contributed by atoms with Crippen LogP contribution in [0, 0.1) is 0 Å². The molecule has 3 nitrogen and oxygen atoms in total. The molecule has 60 valence electrons. The number of nitrogens with zero attached hydrogens (tertiary/aromatic N) is 2. The van der Waals surface area contributed by atoms with Gasteiger partial charge in [0.15, 0.2) is 6.29 Å². The molecule has 0 aliphatic heterocycles. The maximum Gasteiger partial charge on any atom is 0.170 e. The second-order valence-electron chi connectivity index (χ2n) is 2.17. The summed E-state index contributed by atoms with van der Waals surface area (Å²) in [6, 6.07) is 0. The van der Waals surface area contributed by atoms with Crippen LogP contribution in [0.25, 0.3) is 5.57 Å². The minimum atomic E-state index is 0.315. The Balaban J connectivity index is 2.99. The summed E-state index contributed by atoms with van der Waals surface area (Å²) in [6.45, 7) is 7.23. The second-order valence-corrected chi connectivity index (χ2v) is 2.17. The molecule has 0 saturated carbocycles. The Morgan fingerprint density at radius 1 is 1.42 bits per heavy atom. The quantitative estimate of drug-likeness (QED) is 0.497. The molecule has 0 atom stereocenters. The van der Waals surface area contributed by atoms with Gasteiger partial charge < -0.3 is 0 Å². The van der Waals surface area contributed by atoms with Crippen molar-refractivity contribution in [1.82, 2.24) is 9.97 Å². The van der Waals surface area contributed by atoms with Crippen LogP contribution < -0.4 is 0 Å². The minimum Gasteiger partial charge on any atom is -0.296 e. The lowest BCUT2D eigenvalue weighted by atomic mass is 10.2. The molecule has 0 N–H and O–H groups in total. The standard InChI is InChI=1S/C9H8N2O/c1-3-7(2)9-5-10-8(6-12)4-11-9/h3-6H,1-2H2. The van der Waals surface area contributed by atoms with E-state index in [-0.39, 0.29) is 0 Å². The highest BCUT2D eigenvalue weighted by Gasteiger charge is 1.96. The number of carbonyl (C=O) groups excluding carboxylic acids is 1. The molecule has 12 heavy (non-hydrogen) atoms. The van der Waals surface area contributed by atoms with Crippen molar-refractivity contribution in [2.45, 2.75) is 0 Å². The largest absolute Gasteiger partial charge is 0.296 e. The van der Waals surface area contributed by atoms with Gasteiger partial charge in [-0.3, -0.25) is 9.78 Å². The topological polar surface area (TPSA) is 42.9 Å². The van der Waals surface area contributed by atoms with E-state index in [2.05, 4.69) is 23.1 Å². The Kier molecular flexibility index (Phi) is 2.48. The van der Waals surface area contributed by atoms with Gasteiger partial charge in [-0.05, 0) is 5.57 Å². The van der Waals surface area contributed by atoms with Crippen LogP contribution in [0.1, 0.15) is 16.2 Å². The van der Waals surface area contributed by atoms with Gasteiger partial charge in [0, 0.05) is 0 Å². The van der Waals surface area contributed by atoms with Crippen LogP contribution in [0.2, 0.25) is 0 Å². The van der Waals surface area contributed by atoms with Gasteiger partial charge in [-0.1, -0.05) is 19.2 Å². The number of hydrogen-bond donors (Lipinski definition) is 0. The van der Waals surface area contributed by atoms with Crippen molar-refractivity contribution in [1.29, 1.82) is 0 Å². The Morgan fingerprint density at radius 2 is 2.17 bits per heavy atom. The van der Waals surface area contributed by atoms with E-state index in [1.54, 1.807) is 6.08 Å². The van der Waals surface area contributed by atoms with Crippen LogP contribution in [-0.2, 0) is 0 Å². The zero-order chi connectivity index (χ0) is 8.97. The summed E-state index contributed by atoms with van der Waals surface area (Å²) in [5, 5.41) is 0. The fourth-order valence-corrected chi connectivity index (χ4v) is 0.669. The van der Waals surface area contributed by atoms with Crippen molar-refractivity contribution < 1.29 is 4.79 Å². The van der Waals surface area contributed by atoms with Crippen molar-refractivity contribution in [2.24, 2.45) is 0 Å². The summed E-state index contributed by atoms with van der Waals surface area (Å²) in [6.07, 6.45) is 5.13. The SMILES string of the molecule is C=CC(=C)c1cnc(C=O)cn1. The van der Waals surface area contributed by atoms with E-state index in [1.165, 1.54) is 12.4 Å². The maximum atomic E-state index is 10.2. The highest BCUT2D eigenvalue weighted by molar-refractivity contribution is 5.72. The van der Waals surface area contributed by atoms with E-state index in [0.29, 0.717) is 23.2 Å².